The third kappa shape index (κ3) is 3.09. The molecule has 0 bridgehead atoms. The molecule has 4 nitrogen and oxygen atoms in total. The number of anilines is 1. The molecule has 2 rings (SSSR count). The molecule has 98 valence electrons. The van der Waals surface area contributed by atoms with E-state index in [-0.39, 0.29) is 11.9 Å². The molecule has 0 spiro atoms. The van der Waals surface area contributed by atoms with Crippen LogP contribution >= 0.6 is 0 Å². The average Bonchev–Trinajstić information content (AvgIpc) is 2.38. The second-order valence-electron chi connectivity index (χ2n) is 4.82. The van der Waals surface area contributed by atoms with Gasteiger partial charge in [0.25, 0.3) is 0 Å². The zero-order chi connectivity index (χ0) is 13.0. The molecule has 1 aromatic rings. The monoisotopic (exact) mass is 247 g/mol. The smallest absolute Gasteiger partial charge is 0.224 e. The molecule has 1 aromatic carbocycles. The number of benzene rings is 1. The van der Waals surface area contributed by atoms with Crippen LogP contribution in [-0.4, -0.2) is 19.5 Å². The first-order valence-electron chi connectivity index (χ1n) is 6.53. The van der Waals surface area contributed by atoms with Crippen LogP contribution in [0.2, 0.25) is 0 Å². The molecular weight excluding hydrogens is 226 g/mol. The van der Waals surface area contributed by atoms with Gasteiger partial charge in [-0.05, 0) is 50.0 Å². The quantitative estimate of drug-likeness (QED) is 0.692. The molecule has 4 heteroatoms. The Balaban J connectivity index is 2.04. The Kier molecular flexibility index (Phi) is 4.33. The maximum Gasteiger partial charge on any atom is 0.224 e. The summed E-state index contributed by atoms with van der Waals surface area (Å²) in [5, 5.41) is 6.01. The van der Waals surface area contributed by atoms with E-state index in [9.17, 15) is 4.79 Å². The van der Waals surface area contributed by atoms with Crippen molar-refractivity contribution in [1.82, 2.24) is 5.32 Å². The molecule has 0 fully saturated rings. The fourth-order valence-corrected chi connectivity index (χ4v) is 2.30. The minimum absolute atomic E-state index is 0.0845. The third-order valence-corrected chi connectivity index (χ3v) is 3.39. The normalized spacial score (nSPS) is 16.0. The summed E-state index contributed by atoms with van der Waals surface area (Å²) in [5.41, 5.74) is 9.50. The van der Waals surface area contributed by atoms with Gasteiger partial charge in [-0.2, -0.15) is 0 Å². The van der Waals surface area contributed by atoms with Crippen molar-refractivity contribution in [2.45, 2.75) is 31.7 Å². The van der Waals surface area contributed by atoms with Crippen molar-refractivity contribution < 1.29 is 4.79 Å². The highest BCUT2D eigenvalue weighted by atomic mass is 16.1. The fourth-order valence-electron chi connectivity index (χ4n) is 2.30. The van der Waals surface area contributed by atoms with E-state index < -0.39 is 0 Å². The van der Waals surface area contributed by atoms with E-state index in [1.807, 2.05) is 19.2 Å². The Morgan fingerprint density at radius 2 is 2.28 bits per heavy atom. The van der Waals surface area contributed by atoms with Gasteiger partial charge in [0.1, 0.15) is 0 Å². The van der Waals surface area contributed by atoms with Gasteiger partial charge in [-0.1, -0.05) is 12.1 Å². The Hall–Kier alpha value is -1.39. The van der Waals surface area contributed by atoms with E-state index in [2.05, 4.69) is 16.7 Å². The van der Waals surface area contributed by atoms with Crippen LogP contribution in [0.15, 0.2) is 18.2 Å². The van der Waals surface area contributed by atoms with Gasteiger partial charge in [0.2, 0.25) is 5.91 Å². The van der Waals surface area contributed by atoms with Gasteiger partial charge in [0.15, 0.2) is 0 Å². The molecule has 0 aliphatic carbocycles. The first-order chi connectivity index (χ1) is 8.70. The van der Waals surface area contributed by atoms with Crippen molar-refractivity contribution in [3.63, 3.8) is 0 Å². The maximum atomic E-state index is 11.3. The van der Waals surface area contributed by atoms with Crippen LogP contribution in [0, 0.1) is 0 Å². The largest absolute Gasteiger partial charge is 0.326 e. The molecule has 1 aliphatic heterocycles. The summed E-state index contributed by atoms with van der Waals surface area (Å²) in [6, 6.07) is 6.22. The highest BCUT2D eigenvalue weighted by Gasteiger charge is 2.16. The van der Waals surface area contributed by atoms with Crippen molar-refractivity contribution in [2.24, 2.45) is 5.73 Å². The second kappa shape index (κ2) is 5.98. The highest BCUT2D eigenvalue weighted by Crippen LogP contribution is 2.26. The number of carbonyl (C=O) groups excluding carboxylic acids is 1. The van der Waals surface area contributed by atoms with Gasteiger partial charge in [-0.15, -0.1) is 0 Å². The molecule has 4 N–H and O–H groups in total. The zero-order valence-corrected chi connectivity index (χ0v) is 10.8. The van der Waals surface area contributed by atoms with Gasteiger partial charge in [-0.25, -0.2) is 0 Å². The third-order valence-electron chi connectivity index (χ3n) is 3.39. The minimum Gasteiger partial charge on any atom is -0.326 e. The summed E-state index contributed by atoms with van der Waals surface area (Å²) < 4.78 is 0. The van der Waals surface area contributed by atoms with Gasteiger partial charge >= 0.3 is 0 Å². The molecular formula is C14H21N3O. The Morgan fingerprint density at radius 3 is 3.06 bits per heavy atom. The zero-order valence-electron chi connectivity index (χ0n) is 10.8. The number of amides is 1. The van der Waals surface area contributed by atoms with Crippen molar-refractivity contribution in [3.8, 4) is 0 Å². The molecule has 0 aromatic heterocycles. The molecule has 1 heterocycles. The van der Waals surface area contributed by atoms with E-state index in [1.54, 1.807) is 0 Å². The number of hydrogen-bond acceptors (Lipinski definition) is 3. The lowest BCUT2D eigenvalue weighted by Crippen LogP contribution is -2.20. The minimum atomic E-state index is 0.0845. The average molecular weight is 247 g/mol. The molecule has 0 saturated heterocycles. The van der Waals surface area contributed by atoms with Crippen LogP contribution in [0.1, 0.15) is 36.4 Å². The Labute approximate surface area is 108 Å². The Morgan fingerprint density at radius 1 is 1.44 bits per heavy atom. The van der Waals surface area contributed by atoms with Crippen LogP contribution in [0.5, 0.6) is 0 Å². The second-order valence-corrected chi connectivity index (χ2v) is 4.82. The van der Waals surface area contributed by atoms with Crippen molar-refractivity contribution in [1.29, 1.82) is 0 Å². The predicted molar refractivity (Wildman–Crippen MR) is 73.5 cm³/mol. The van der Waals surface area contributed by atoms with Crippen molar-refractivity contribution in [3.05, 3.63) is 29.3 Å². The van der Waals surface area contributed by atoms with Crippen LogP contribution in [-0.2, 0) is 11.2 Å². The summed E-state index contributed by atoms with van der Waals surface area (Å²) >= 11 is 0. The van der Waals surface area contributed by atoms with Crippen molar-refractivity contribution in [2.75, 3.05) is 18.9 Å². The Bertz CT molecular complexity index is 431. The van der Waals surface area contributed by atoms with E-state index in [0.717, 1.165) is 31.5 Å². The van der Waals surface area contributed by atoms with E-state index in [0.29, 0.717) is 6.42 Å². The molecule has 0 saturated carbocycles. The van der Waals surface area contributed by atoms with Gasteiger partial charge in [-0.3, -0.25) is 4.79 Å². The van der Waals surface area contributed by atoms with Crippen LogP contribution < -0.4 is 16.4 Å². The summed E-state index contributed by atoms with van der Waals surface area (Å²) in [5.74, 6) is 0.105. The van der Waals surface area contributed by atoms with E-state index >= 15 is 0 Å². The lowest BCUT2D eigenvalue weighted by molar-refractivity contribution is -0.116. The first kappa shape index (κ1) is 13.1. The molecule has 1 unspecified atom stereocenters. The van der Waals surface area contributed by atoms with Gasteiger partial charge in [0, 0.05) is 18.2 Å². The molecule has 18 heavy (non-hydrogen) atoms. The summed E-state index contributed by atoms with van der Waals surface area (Å²) in [6.45, 7) is 0.995. The van der Waals surface area contributed by atoms with Crippen molar-refractivity contribution >= 4 is 11.6 Å². The number of rotatable bonds is 5. The van der Waals surface area contributed by atoms with E-state index in [4.69, 9.17) is 5.73 Å². The number of aryl methyl sites for hydroxylation is 1. The standard InChI is InChI=1S/C14H21N3O/c1-16-8-2-3-12(15)10-4-6-13-11(9-10)5-7-14(18)17-13/h4,6,9,12,16H,2-3,5,7-8,15H2,1H3,(H,17,18). The van der Waals surface area contributed by atoms with Crippen LogP contribution in [0.4, 0.5) is 5.69 Å². The fraction of sp³-hybridized carbons (Fsp3) is 0.500. The SMILES string of the molecule is CNCCCC(N)c1ccc2c(c1)CCC(=O)N2. The first-order valence-corrected chi connectivity index (χ1v) is 6.53. The number of hydrogen-bond donors (Lipinski definition) is 3. The summed E-state index contributed by atoms with van der Waals surface area (Å²) in [6.07, 6.45) is 3.45. The lowest BCUT2D eigenvalue weighted by Gasteiger charge is -2.19. The van der Waals surface area contributed by atoms with Gasteiger partial charge in [0.05, 0.1) is 0 Å². The molecule has 1 amide bonds. The number of nitrogens with two attached hydrogens (primary N) is 1. The van der Waals surface area contributed by atoms with E-state index in [1.165, 1.54) is 11.1 Å². The lowest BCUT2D eigenvalue weighted by atomic mass is 9.96. The van der Waals surface area contributed by atoms with Gasteiger partial charge < -0.3 is 16.4 Å². The van der Waals surface area contributed by atoms with Crippen LogP contribution in [0.3, 0.4) is 0 Å². The maximum absolute atomic E-state index is 11.3. The molecule has 0 radical (unpaired) electrons. The predicted octanol–water partition coefficient (Wildman–Crippen LogP) is 1.57. The number of fused-ring (bicyclic) bond motifs is 1. The topological polar surface area (TPSA) is 67.1 Å². The van der Waals surface area contributed by atoms with Crippen LogP contribution in [0.25, 0.3) is 0 Å². The summed E-state index contributed by atoms with van der Waals surface area (Å²) in [7, 11) is 1.95. The highest BCUT2D eigenvalue weighted by molar-refractivity contribution is 5.93. The molecule has 1 aliphatic rings. The number of nitrogens with one attached hydrogen (secondary N) is 2. The summed E-state index contributed by atoms with van der Waals surface area (Å²) in [4.78, 5) is 11.3. The molecule has 1 atom stereocenters. The number of carbonyl (C=O) groups is 1.